The number of ether oxygens (including phenoxy) is 3. The van der Waals surface area contributed by atoms with Crippen LogP contribution in [0.15, 0.2) is 91.0 Å². The van der Waals surface area contributed by atoms with E-state index in [1.807, 2.05) is 66.7 Å². The summed E-state index contributed by atoms with van der Waals surface area (Å²) in [4.78, 5) is 12.7. The number of methoxy groups -OCH3 is 1. The number of allylic oxidation sites excluding steroid dienone is 1. The van der Waals surface area contributed by atoms with Crippen LogP contribution in [0.25, 0.3) is 16.6 Å². The molecule has 0 fully saturated rings. The zero-order valence-electron chi connectivity index (χ0n) is 21.3. The molecule has 3 aromatic carbocycles. The maximum absolute atomic E-state index is 12.7. The minimum atomic E-state index is -0.582. The number of nitriles is 1. The summed E-state index contributed by atoms with van der Waals surface area (Å²) in [5, 5.41) is 21.3. The highest BCUT2D eigenvalue weighted by Gasteiger charge is 2.14. The Kier molecular flexibility index (Phi) is 9.42. The lowest BCUT2D eigenvalue weighted by molar-refractivity contribution is -0.112. The van der Waals surface area contributed by atoms with Crippen molar-refractivity contribution in [2.75, 3.05) is 25.6 Å². The van der Waals surface area contributed by atoms with E-state index in [-0.39, 0.29) is 5.57 Å². The zero-order valence-corrected chi connectivity index (χ0v) is 22.1. The van der Waals surface area contributed by atoms with Crippen molar-refractivity contribution in [3.8, 4) is 33.9 Å². The lowest BCUT2D eigenvalue weighted by Gasteiger charge is -2.13. The summed E-state index contributed by atoms with van der Waals surface area (Å²) in [6.45, 7) is 4.42. The van der Waals surface area contributed by atoms with E-state index in [4.69, 9.17) is 14.2 Å². The zero-order chi connectivity index (χ0) is 27.5. The molecule has 39 heavy (non-hydrogen) atoms. The normalized spacial score (nSPS) is 10.8. The predicted molar refractivity (Wildman–Crippen MR) is 152 cm³/mol. The summed E-state index contributed by atoms with van der Waals surface area (Å²) in [5.74, 6) is 1.19. The van der Waals surface area contributed by atoms with Crippen molar-refractivity contribution in [2.24, 2.45) is 0 Å². The summed E-state index contributed by atoms with van der Waals surface area (Å²) in [5.41, 5.74) is 2.46. The Hall–Kier alpha value is -4.94. The maximum atomic E-state index is 12.7. The molecule has 1 heterocycles. The summed E-state index contributed by atoms with van der Waals surface area (Å²) in [7, 11) is 1.52. The van der Waals surface area contributed by atoms with E-state index >= 15 is 0 Å². The Morgan fingerprint density at radius 2 is 1.74 bits per heavy atom. The highest BCUT2D eigenvalue weighted by molar-refractivity contribution is 7.18. The molecule has 0 saturated heterocycles. The lowest BCUT2D eigenvalue weighted by Crippen LogP contribution is -2.13. The van der Waals surface area contributed by atoms with Crippen molar-refractivity contribution in [2.45, 2.75) is 6.42 Å². The van der Waals surface area contributed by atoms with Crippen LogP contribution in [0.3, 0.4) is 0 Å². The number of aromatic nitrogens is 2. The fourth-order valence-electron chi connectivity index (χ4n) is 3.62. The first-order valence-corrected chi connectivity index (χ1v) is 12.9. The second-order valence-electron chi connectivity index (χ2n) is 8.11. The third kappa shape index (κ3) is 7.31. The van der Waals surface area contributed by atoms with Crippen LogP contribution in [0.5, 0.6) is 17.2 Å². The number of hydrogen-bond acceptors (Lipinski definition) is 8. The fraction of sp³-hybridized carbons (Fsp3) is 0.133. The first-order chi connectivity index (χ1) is 19.1. The van der Waals surface area contributed by atoms with Gasteiger partial charge < -0.3 is 14.2 Å². The Balaban J connectivity index is 1.37. The number of hydrogen-bond donors (Lipinski definition) is 1. The molecule has 4 aromatic rings. The van der Waals surface area contributed by atoms with Crippen LogP contribution in [0, 0.1) is 11.3 Å². The largest absolute Gasteiger partial charge is 0.493 e. The number of carbonyl (C=O) groups excluding carboxylic acids is 1. The Bertz CT molecular complexity index is 1510. The molecule has 0 radical (unpaired) electrons. The summed E-state index contributed by atoms with van der Waals surface area (Å²) in [6, 6.07) is 24.4. The van der Waals surface area contributed by atoms with Crippen LogP contribution < -0.4 is 19.5 Å². The van der Waals surface area contributed by atoms with Crippen molar-refractivity contribution in [3.05, 3.63) is 102 Å². The number of anilines is 1. The number of benzene rings is 3. The molecular formula is C30H26N4O4S. The van der Waals surface area contributed by atoms with E-state index < -0.39 is 5.91 Å². The molecule has 0 spiro atoms. The second-order valence-corrected chi connectivity index (χ2v) is 9.09. The molecule has 1 N–H and O–H groups in total. The molecule has 0 aliphatic rings. The Labute approximate surface area is 230 Å². The van der Waals surface area contributed by atoms with Gasteiger partial charge in [0.15, 0.2) is 11.5 Å². The van der Waals surface area contributed by atoms with Gasteiger partial charge in [0.2, 0.25) is 5.13 Å². The monoisotopic (exact) mass is 538 g/mol. The molecule has 8 nitrogen and oxygen atoms in total. The van der Waals surface area contributed by atoms with Crippen molar-refractivity contribution < 1.29 is 19.0 Å². The fourth-order valence-corrected chi connectivity index (χ4v) is 4.36. The van der Waals surface area contributed by atoms with E-state index in [1.165, 1.54) is 24.5 Å². The highest BCUT2D eigenvalue weighted by Crippen LogP contribution is 2.30. The van der Waals surface area contributed by atoms with E-state index in [0.29, 0.717) is 40.4 Å². The van der Waals surface area contributed by atoms with Gasteiger partial charge in [-0.2, -0.15) is 5.26 Å². The van der Waals surface area contributed by atoms with Crippen molar-refractivity contribution >= 4 is 28.5 Å². The molecule has 196 valence electrons. The molecule has 0 saturated carbocycles. The van der Waals surface area contributed by atoms with Gasteiger partial charge in [0.25, 0.3) is 5.91 Å². The molecule has 1 aromatic heterocycles. The van der Waals surface area contributed by atoms with Gasteiger partial charge in [-0.3, -0.25) is 10.1 Å². The summed E-state index contributed by atoms with van der Waals surface area (Å²) >= 11 is 1.23. The van der Waals surface area contributed by atoms with Crippen LogP contribution >= 0.6 is 11.3 Å². The van der Waals surface area contributed by atoms with E-state index in [1.54, 1.807) is 18.2 Å². The molecule has 0 unspecified atom stereocenters. The Morgan fingerprint density at radius 1 is 1.00 bits per heavy atom. The molecule has 0 bridgehead atoms. The molecule has 0 atom stereocenters. The van der Waals surface area contributed by atoms with Crippen LogP contribution in [0.1, 0.15) is 11.1 Å². The third-order valence-corrected chi connectivity index (χ3v) is 6.35. The number of rotatable bonds is 12. The average Bonchev–Trinajstić information content (AvgIpc) is 3.44. The van der Waals surface area contributed by atoms with Gasteiger partial charge >= 0.3 is 0 Å². The number of amides is 1. The van der Waals surface area contributed by atoms with Gasteiger partial charge in [0.05, 0.1) is 7.11 Å². The number of carbonyl (C=O) groups is 1. The van der Waals surface area contributed by atoms with Gasteiger partial charge in [-0.15, -0.1) is 16.8 Å². The summed E-state index contributed by atoms with van der Waals surface area (Å²) in [6.07, 6.45) is 4.03. The maximum Gasteiger partial charge on any atom is 0.268 e. The van der Waals surface area contributed by atoms with Crippen LogP contribution in [0.2, 0.25) is 0 Å². The molecular weight excluding hydrogens is 512 g/mol. The van der Waals surface area contributed by atoms with Crippen LogP contribution in [-0.4, -0.2) is 36.4 Å². The average molecular weight is 539 g/mol. The minimum Gasteiger partial charge on any atom is -0.493 e. The first-order valence-electron chi connectivity index (χ1n) is 12.1. The highest BCUT2D eigenvalue weighted by atomic mass is 32.1. The third-order valence-electron chi connectivity index (χ3n) is 5.47. The number of para-hydroxylation sites is 1. The summed E-state index contributed by atoms with van der Waals surface area (Å²) < 4.78 is 17.2. The van der Waals surface area contributed by atoms with Crippen molar-refractivity contribution in [3.63, 3.8) is 0 Å². The molecule has 0 aliphatic carbocycles. The van der Waals surface area contributed by atoms with E-state index in [2.05, 4.69) is 22.1 Å². The minimum absolute atomic E-state index is 0.0891. The lowest BCUT2D eigenvalue weighted by atomic mass is 10.1. The molecule has 0 aliphatic heterocycles. The topological polar surface area (TPSA) is 106 Å². The van der Waals surface area contributed by atoms with Crippen LogP contribution in [0.4, 0.5) is 5.13 Å². The Morgan fingerprint density at radius 3 is 2.49 bits per heavy atom. The first kappa shape index (κ1) is 27.1. The SMILES string of the molecule is C=CCc1ccccc1OCCOc1ccc(C=C(C#N)C(=O)Nc2nnc(-c3ccccc3)s2)cc1OC. The second kappa shape index (κ2) is 13.6. The van der Waals surface area contributed by atoms with Crippen molar-refractivity contribution in [1.82, 2.24) is 10.2 Å². The number of nitrogens with one attached hydrogen (secondary N) is 1. The predicted octanol–water partition coefficient (Wildman–Crippen LogP) is 5.95. The van der Waals surface area contributed by atoms with Gasteiger partial charge in [0, 0.05) is 5.56 Å². The smallest absolute Gasteiger partial charge is 0.268 e. The quantitative estimate of drug-likeness (QED) is 0.103. The van der Waals surface area contributed by atoms with Crippen molar-refractivity contribution in [1.29, 1.82) is 5.26 Å². The van der Waals surface area contributed by atoms with Gasteiger partial charge in [-0.25, -0.2) is 0 Å². The van der Waals surface area contributed by atoms with Gasteiger partial charge in [0.1, 0.15) is 35.6 Å². The molecule has 4 rings (SSSR count). The van der Waals surface area contributed by atoms with Gasteiger partial charge in [-0.1, -0.05) is 72.0 Å². The molecule has 1 amide bonds. The number of nitrogens with zero attached hydrogens (tertiary/aromatic N) is 3. The standard InChI is InChI=1S/C30H26N4O4S/c1-3-9-22-10-7-8-13-25(22)37-16-17-38-26-15-14-21(19-27(26)36-2)18-24(20-31)28(35)32-30-34-33-29(39-30)23-11-5-4-6-12-23/h3-8,10-15,18-19H,1,9,16-17H2,2H3,(H,32,34,35). The van der Waals surface area contributed by atoms with Crippen LogP contribution in [-0.2, 0) is 11.2 Å². The van der Waals surface area contributed by atoms with E-state index in [0.717, 1.165) is 23.3 Å². The molecule has 9 heteroatoms. The van der Waals surface area contributed by atoms with Gasteiger partial charge in [-0.05, 0) is 41.8 Å². The van der Waals surface area contributed by atoms with E-state index in [9.17, 15) is 10.1 Å².